The normalized spacial score (nSPS) is 16.2. The van der Waals surface area contributed by atoms with Crippen LogP contribution < -0.4 is 0 Å². The number of nitrogens with zero attached hydrogens (tertiary/aromatic N) is 3. The predicted octanol–water partition coefficient (Wildman–Crippen LogP) is 18.0. The molecule has 10 aromatic rings. The minimum absolute atomic E-state index is 0.491. The van der Waals surface area contributed by atoms with E-state index in [1.54, 1.807) is 5.57 Å². The summed E-state index contributed by atoms with van der Waals surface area (Å²) in [5.41, 5.74) is 26.9. The van der Waals surface area contributed by atoms with E-state index in [-0.39, 0.29) is 0 Å². The van der Waals surface area contributed by atoms with Crippen LogP contribution in [0.25, 0.3) is 100 Å². The van der Waals surface area contributed by atoms with E-state index < -0.39 is 0 Å². The Bertz CT molecular complexity index is 3900. The maximum atomic E-state index is 5.55. The van der Waals surface area contributed by atoms with Crippen LogP contribution in [-0.4, -0.2) is 14.5 Å². The quantitative estimate of drug-likeness (QED) is 0.149. The molecular weight excluding hydrogens is 871 g/mol. The fraction of sp³-hybridized carbons (Fsp3) is 0.159. The van der Waals surface area contributed by atoms with Crippen molar-refractivity contribution in [1.82, 2.24) is 14.5 Å². The Morgan fingerprint density at radius 3 is 2.12 bits per heavy atom. The molecule has 72 heavy (non-hydrogen) atoms. The Labute approximate surface area is 423 Å². The van der Waals surface area contributed by atoms with Gasteiger partial charge in [0, 0.05) is 33.5 Å². The monoisotopic (exact) mass is 927 g/mol. The molecule has 0 aliphatic heterocycles. The van der Waals surface area contributed by atoms with Crippen molar-refractivity contribution in [2.75, 3.05) is 0 Å². The van der Waals surface area contributed by atoms with Crippen molar-refractivity contribution >= 4 is 27.4 Å². The standard InChI is InChI=1S/C67H51N3.C2H6/c1-3-15-43-37-60-51(41(43)2)24-12-25-54(60)45-20-11-21-46(34-45)57-27-14-29-59-62-39-48(55-26-13-28-58-53-23-10-8-19-47(53)38-61(55)58)31-33-64(62)70(66(57)59)65-40-63(68-67(69-65)42-16-5-4-6-17-42)49-30-32-56-50(36-49)35-44-18-7-9-22-52(44)56;1-2/h3-6,8-17,19-34,36,39-41,43H,7,18,35,37-38H2,1-2H3;1-2H3/b15-3-;. The summed E-state index contributed by atoms with van der Waals surface area (Å²) in [5.74, 6) is 2.57. The van der Waals surface area contributed by atoms with Gasteiger partial charge >= 0.3 is 0 Å². The summed E-state index contributed by atoms with van der Waals surface area (Å²) in [7, 11) is 0. The average molecular weight is 928 g/mol. The zero-order chi connectivity index (χ0) is 48.5. The molecule has 0 amide bonds. The van der Waals surface area contributed by atoms with Gasteiger partial charge in [0.1, 0.15) is 5.82 Å². The van der Waals surface area contributed by atoms with E-state index in [0.717, 1.165) is 65.8 Å². The third-order valence-electron chi connectivity index (χ3n) is 16.0. The molecule has 8 aromatic carbocycles. The molecule has 0 fully saturated rings. The molecule has 2 aromatic heterocycles. The second-order valence-corrected chi connectivity index (χ2v) is 19.9. The molecule has 2 unspecified atom stereocenters. The van der Waals surface area contributed by atoms with Crippen LogP contribution >= 0.6 is 0 Å². The van der Waals surface area contributed by atoms with Gasteiger partial charge in [0.2, 0.25) is 0 Å². The third-order valence-corrected chi connectivity index (χ3v) is 16.0. The van der Waals surface area contributed by atoms with Crippen molar-refractivity contribution in [2.24, 2.45) is 5.92 Å². The van der Waals surface area contributed by atoms with Crippen LogP contribution in [0.2, 0.25) is 0 Å². The third kappa shape index (κ3) is 7.16. The Kier molecular flexibility index (Phi) is 10.9. The molecule has 3 heteroatoms. The number of hydrogen-bond donors (Lipinski definition) is 0. The molecule has 0 saturated carbocycles. The van der Waals surface area contributed by atoms with Gasteiger partial charge < -0.3 is 0 Å². The first-order valence-corrected chi connectivity index (χ1v) is 26.2. The Morgan fingerprint density at radius 2 is 1.25 bits per heavy atom. The molecule has 4 aliphatic carbocycles. The van der Waals surface area contributed by atoms with Crippen molar-refractivity contribution in [3.63, 3.8) is 0 Å². The van der Waals surface area contributed by atoms with E-state index in [1.165, 1.54) is 94.2 Å². The molecule has 348 valence electrons. The molecule has 2 heterocycles. The topological polar surface area (TPSA) is 30.7 Å². The fourth-order valence-electron chi connectivity index (χ4n) is 12.6. The van der Waals surface area contributed by atoms with Gasteiger partial charge in [0.05, 0.1) is 16.7 Å². The first-order valence-electron chi connectivity index (χ1n) is 26.2. The summed E-state index contributed by atoms with van der Waals surface area (Å²) in [6.45, 7) is 8.53. The molecule has 0 N–H and O–H groups in total. The van der Waals surface area contributed by atoms with Crippen molar-refractivity contribution in [2.45, 2.75) is 65.7 Å². The molecule has 4 aliphatic rings. The summed E-state index contributed by atoms with van der Waals surface area (Å²) >= 11 is 0. The molecule has 0 saturated heterocycles. The summed E-state index contributed by atoms with van der Waals surface area (Å²) in [6, 6.07) is 65.6. The van der Waals surface area contributed by atoms with E-state index in [1.807, 2.05) is 13.8 Å². The lowest BCUT2D eigenvalue weighted by atomic mass is 9.92. The number of benzene rings is 8. The first kappa shape index (κ1) is 43.8. The Morgan fingerprint density at radius 1 is 0.542 bits per heavy atom. The number of allylic oxidation sites excluding steroid dienone is 6. The number of rotatable bonds is 7. The molecule has 2 atom stereocenters. The molecule has 14 rings (SSSR count). The molecule has 0 bridgehead atoms. The Balaban J connectivity index is 0.00000249. The van der Waals surface area contributed by atoms with Gasteiger partial charge in [-0.15, -0.1) is 0 Å². The van der Waals surface area contributed by atoms with E-state index in [9.17, 15) is 0 Å². The summed E-state index contributed by atoms with van der Waals surface area (Å²) in [6.07, 6.45) is 14.5. The van der Waals surface area contributed by atoms with Gasteiger partial charge in [0.15, 0.2) is 5.82 Å². The van der Waals surface area contributed by atoms with Crippen LogP contribution in [0.1, 0.15) is 79.8 Å². The van der Waals surface area contributed by atoms with Gasteiger partial charge in [-0.05, 0) is 153 Å². The minimum atomic E-state index is 0.491. The van der Waals surface area contributed by atoms with E-state index in [4.69, 9.17) is 9.97 Å². The van der Waals surface area contributed by atoms with Crippen molar-refractivity contribution in [3.8, 4) is 73.0 Å². The molecular formula is C69H57N3. The van der Waals surface area contributed by atoms with E-state index in [2.05, 4.69) is 219 Å². The van der Waals surface area contributed by atoms with Gasteiger partial charge in [-0.25, -0.2) is 9.97 Å². The Hall–Kier alpha value is -8.14. The summed E-state index contributed by atoms with van der Waals surface area (Å²) < 4.78 is 2.43. The molecule has 0 spiro atoms. The number of para-hydroxylation sites is 1. The molecule has 3 nitrogen and oxygen atoms in total. The minimum Gasteiger partial charge on any atom is -0.293 e. The van der Waals surface area contributed by atoms with Crippen LogP contribution in [0, 0.1) is 5.92 Å². The molecule has 0 radical (unpaired) electrons. The largest absolute Gasteiger partial charge is 0.293 e. The lowest BCUT2D eigenvalue weighted by molar-refractivity contribution is 0.591. The highest BCUT2D eigenvalue weighted by Gasteiger charge is 2.30. The van der Waals surface area contributed by atoms with Crippen LogP contribution in [0.3, 0.4) is 0 Å². The van der Waals surface area contributed by atoms with Crippen LogP contribution in [0.5, 0.6) is 0 Å². The second-order valence-electron chi connectivity index (χ2n) is 19.9. The van der Waals surface area contributed by atoms with Gasteiger partial charge in [-0.3, -0.25) is 4.57 Å². The number of aromatic nitrogens is 3. The van der Waals surface area contributed by atoms with E-state index in [0.29, 0.717) is 17.7 Å². The van der Waals surface area contributed by atoms with Crippen molar-refractivity contribution < 1.29 is 0 Å². The lowest BCUT2D eigenvalue weighted by Gasteiger charge is -2.15. The summed E-state index contributed by atoms with van der Waals surface area (Å²) in [5, 5.41) is 2.40. The maximum Gasteiger partial charge on any atom is 0.162 e. The van der Waals surface area contributed by atoms with Gasteiger partial charge in [-0.2, -0.15) is 0 Å². The first-order chi connectivity index (χ1) is 35.6. The lowest BCUT2D eigenvalue weighted by Crippen LogP contribution is -2.03. The van der Waals surface area contributed by atoms with Crippen LogP contribution in [-0.2, 0) is 19.3 Å². The van der Waals surface area contributed by atoms with Crippen molar-refractivity contribution in [1.29, 1.82) is 0 Å². The van der Waals surface area contributed by atoms with Crippen LogP contribution in [0.15, 0.2) is 206 Å². The van der Waals surface area contributed by atoms with Crippen LogP contribution in [0.4, 0.5) is 0 Å². The fourth-order valence-corrected chi connectivity index (χ4v) is 12.6. The predicted molar refractivity (Wildman–Crippen MR) is 303 cm³/mol. The highest BCUT2D eigenvalue weighted by Crippen LogP contribution is 2.47. The maximum absolute atomic E-state index is 5.55. The van der Waals surface area contributed by atoms with Gasteiger partial charge in [-0.1, -0.05) is 196 Å². The number of hydrogen-bond acceptors (Lipinski definition) is 2. The SMILES string of the molecule is C/C=C\C1Cc2c(-c3cccc(-c4cccc5c6cc(-c7cccc8c7Cc7ccccc7-8)ccc6n(-c6cc(-c7ccc8c(c7)CC7=C8C=CCC7)nc(-c7ccccc7)n6)c45)c3)cccc2C1C.CC. The second kappa shape index (κ2) is 17.9. The highest BCUT2D eigenvalue weighted by atomic mass is 15.1. The summed E-state index contributed by atoms with van der Waals surface area (Å²) in [4.78, 5) is 10.9. The van der Waals surface area contributed by atoms with E-state index >= 15 is 0 Å². The van der Waals surface area contributed by atoms with Crippen molar-refractivity contribution in [3.05, 3.63) is 239 Å². The average Bonchev–Trinajstić information content (AvgIpc) is 4.20. The zero-order valence-corrected chi connectivity index (χ0v) is 41.6. The van der Waals surface area contributed by atoms with Gasteiger partial charge in [0.25, 0.3) is 0 Å². The smallest absolute Gasteiger partial charge is 0.162 e. The zero-order valence-electron chi connectivity index (χ0n) is 41.6. The number of fused-ring (bicyclic) bond motifs is 9. The highest BCUT2D eigenvalue weighted by molar-refractivity contribution is 6.15.